The summed E-state index contributed by atoms with van der Waals surface area (Å²) in [6.07, 6.45) is 8.90. The lowest BCUT2D eigenvalue weighted by Gasteiger charge is -2.54. The maximum Gasteiger partial charge on any atom is 0.134 e. The molecule has 20 heavy (non-hydrogen) atoms. The molecule has 0 amide bonds. The third-order valence-corrected chi connectivity index (χ3v) is 5.90. The Labute approximate surface area is 134 Å². The minimum Gasteiger partial charge on any atom is -0.489 e. The molecule has 110 valence electrons. The van der Waals surface area contributed by atoms with E-state index in [1.165, 1.54) is 38.5 Å². The molecule has 0 bridgehead atoms. The second kappa shape index (κ2) is 5.86. The smallest absolute Gasteiger partial charge is 0.134 e. The minimum absolute atomic E-state index is 0.204. The van der Waals surface area contributed by atoms with Crippen LogP contribution in [0.15, 0.2) is 22.7 Å². The highest BCUT2D eigenvalue weighted by Gasteiger charge is 2.54. The highest BCUT2D eigenvalue weighted by molar-refractivity contribution is 9.10. The molecule has 2 unspecified atom stereocenters. The van der Waals surface area contributed by atoms with Crippen molar-refractivity contribution >= 4 is 27.5 Å². The highest BCUT2D eigenvalue weighted by atomic mass is 79.9. The molecule has 2 saturated carbocycles. The van der Waals surface area contributed by atoms with Gasteiger partial charge in [-0.2, -0.15) is 0 Å². The van der Waals surface area contributed by atoms with Crippen LogP contribution in [0.4, 0.5) is 0 Å². The van der Waals surface area contributed by atoms with Gasteiger partial charge in [0.05, 0.1) is 4.47 Å². The van der Waals surface area contributed by atoms with Crippen molar-refractivity contribution in [3.63, 3.8) is 0 Å². The van der Waals surface area contributed by atoms with Crippen molar-refractivity contribution < 1.29 is 4.74 Å². The van der Waals surface area contributed by atoms with Crippen LogP contribution in [0.5, 0.6) is 5.75 Å². The molecule has 4 heteroatoms. The second-order valence-corrected chi connectivity index (χ2v) is 7.46. The predicted molar refractivity (Wildman–Crippen MR) is 86.3 cm³/mol. The van der Waals surface area contributed by atoms with E-state index in [0.717, 1.165) is 21.7 Å². The average molecular weight is 359 g/mol. The monoisotopic (exact) mass is 357 g/mol. The van der Waals surface area contributed by atoms with E-state index in [2.05, 4.69) is 15.9 Å². The lowest BCUT2D eigenvalue weighted by molar-refractivity contribution is -0.0773. The molecule has 1 aromatic rings. The van der Waals surface area contributed by atoms with Crippen molar-refractivity contribution in [1.82, 2.24) is 0 Å². The fourth-order valence-corrected chi connectivity index (χ4v) is 4.52. The van der Waals surface area contributed by atoms with E-state index < -0.39 is 0 Å². The summed E-state index contributed by atoms with van der Waals surface area (Å²) in [6, 6.07) is 6.01. The van der Waals surface area contributed by atoms with Crippen LogP contribution in [0.3, 0.4) is 0 Å². The molecule has 2 aliphatic carbocycles. The van der Waals surface area contributed by atoms with E-state index in [-0.39, 0.29) is 11.5 Å². The van der Waals surface area contributed by atoms with Crippen LogP contribution >= 0.6 is 27.5 Å². The van der Waals surface area contributed by atoms with E-state index in [1.54, 1.807) is 0 Å². The summed E-state index contributed by atoms with van der Waals surface area (Å²) in [5, 5.41) is 0.721. The van der Waals surface area contributed by atoms with Gasteiger partial charge in [0.2, 0.25) is 0 Å². The first kappa shape index (κ1) is 14.7. The van der Waals surface area contributed by atoms with Crippen LogP contribution in [0.1, 0.15) is 44.9 Å². The number of rotatable bonds is 2. The molecule has 1 aromatic carbocycles. The molecule has 0 aliphatic heterocycles. The minimum atomic E-state index is 0.204. The summed E-state index contributed by atoms with van der Waals surface area (Å²) in [5.74, 6) is 0.884. The van der Waals surface area contributed by atoms with Crippen molar-refractivity contribution in [3.8, 4) is 5.75 Å². The van der Waals surface area contributed by atoms with E-state index in [1.807, 2.05) is 18.2 Å². The standard InChI is InChI=1S/C16H21BrClNO/c17-12-9-11(18)5-6-13(12)20-15-10-14(19)16(15)7-3-1-2-4-8-16/h5-6,9,14-15H,1-4,7-8,10,19H2. The van der Waals surface area contributed by atoms with Gasteiger partial charge in [0.1, 0.15) is 11.9 Å². The van der Waals surface area contributed by atoms with Gasteiger partial charge in [0, 0.05) is 22.9 Å². The van der Waals surface area contributed by atoms with Crippen molar-refractivity contribution in [2.45, 2.75) is 57.1 Å². The summed E-state index contributed by atoms with van der Waals surface area (Å²) in [5.41, 5.74) is 6.55. The fourth-order valence-electron chi connectivity index (χ4n) is 3.75. The molecule has 0 saturated heterocycles. The average Bonchev–Trinajstić information content (AvgIpc) is 2.69. The van der Waals surface area contributed by atoms with Gasteiger partial charge in [-0.25, -0.2) is 0 Å². The van der Waals surface area contributed by atoms with Gasteiger partial charge in [0.25, 0.3) is 0 Å². The number of hydrogen-bond donors (Lipinski definition) is 1. The molecule has 3 rings (SSSR count). The van der Waals surface area contributed by atoms with E-state index >= 15 is 0 Å². The van der Waals surface area contributed by atoms with Gasteiger partial charge in [-0.3, -0.25) is 0 Å². The Morgan fingerprint density at radius 1 is 1.20 bits per heavy atom. The zero-order valence-electron chi connectivity index (χ0n) is 11.6. The predicted octanol–water partition coefficient (Wildman–Crippen LogP) is 4.92. The largest absolute Gasteiger partial charge is 0.489 e. The number of benzene rings is 1. The molecule has 0 radical (unpaired) electrons. The molecule has 0 heterocycles. The third-order valence-electron chi connectivity index (χ3n) is 5.05. The third kappa shape index (κ3) is 2.60. The number of ether oxygens (including phenoxy) is 1. The lowest BCUT2D eigenvalue weighted by Crippen LogP contribution is -2.63. The Morgan fingerprint density at radius 2 is 1.90 bits per heavy atom. The number of hydrogen-bond acceptors (Lipinski definition) is 2. The van der Waals surface area contributed by atoms with Gasteiger partial charge in [-0.15, -0.1) is 0 Å². The number of halogens is 2. The van der Waals surface area contributed by atoms with Gasteiger partial charge in [0.15, 0.2) is 0 Å². The Bertz CT molecular complexity index is 485. The first-order chi connectivity index (χ1) is 9.62. The summed E-state index contributed by atoms with van der Waals surface area (Å²) < 4.78 is 7.20. The number of nitrogens with two attached hydrogens (primary N) is 1. The van der Waals surface area contributed by atoms with Crippen molar-refractivity contribution in [2.24, 2.45) is 11.1 Å². The van der Waals surface area contributed by atoms with Crippen LogP contribution in [-0.2, 0) is 0 Å². The van der Waals surface area contributed by atoms with Gasteiger partial charge in [-0.1, -0.05) is 37.3 Å². The first-order valence-corrected chi connectivity index (χ1v) is 8.66. The van der Waals surface area contributed by atoms with E-state index in [4.69, 9.17) is 22.1 Å². The molecule has 2 atom stereocenters. The fraction of sp³-hybridized carbons (Fsp3) is 0.625. The quantitative estimate of drug-likeness (QED) is 0.814. The van der Waals surface area contributed by atoms with Crippen LogP contribution < -0.4 is 10.5 Å². The molecule has 1 spiro atoms. The summed E-state index contributed by atoms with van der Waals surface area (Å²) in [7, 11) is 0. The van der Waals surface area contributed by atoms with Gasteiger partial charge in [-0.05, 0) is 47.0 Å². The van der Waals surface area contributed by atoms with Crippen molar-refractivity contribution in [3.05, 3.63) is 27.7 Å². The highest BCUT2D eigenvalue weighted by Crippen LogP contribution is 2.52. The molecule has 2 N–H and O–H groups in total. The Kier molecular flexibility index (Phi) is 4.30. The summed E-state index contributed by atoms with van der Waals surface area (Å²) >= 11 is 9.51. The molecule has 2 fully saturated rings. The van der Waals surface area contributed by atoms with Crippen LogP contribution in [0.2, 0.25) is 5.02 Å². The van der Waals surface area contributed by atoms with Crippen molar-refractivity contribution in [1.29, 1.82) is 0 Å². The van der Waals surface area contributed by atoms with Crippen LogP contribution in [-0.4, -0.2) is 12.1 Å². The van der Waals surface area contributed by atoms with E-state index in [0.29, 0.717) is 6.04 Å². The topological polar surface area (TPSA) is 35.2 Å². The zero-order valence-corrected chi connectivity index (χ0v) is 13.9. The van der Waals surface area contributed by atoms with E-state index in [9.17, 15) is 0 Å². The summed E-state index contributed by atoms with van der Waals surface area (Å²) in [4.78, 5) is 0. The van der Waals surface area contributed by atoms with Crippen LogP contribution in [0, 0.1) is 5.41 Å². The lowest BCUT2D eigenvalue weighted by atomic mass is 9.58. The zero-order chi connectivity index (χ0) is 14.2. The van der Waals surface area contributed by atoms with Crippen molar-refractivity contribution in [2.75, 3.05) is 0 Å². The van der Waals surface area contributed by atoms with Gasteiger partial charge >= 0.3 is 0 Å². The molecule has 0 aromatic heterocycles. The van der Waals surface area contributed by atoms with Gasteiger partial charge < -0.3 is 10.5 Å². The first-order valence-electron chi connectivity index (χ1n) is 7.49. The summed E-state index contributed by atoms with van der Waals surface area (Å²) in [6.45, 7) is 0. The maximum atomic E-state index is 6.35. The van der Waals surface area contributed by atoms with Crippen LogP contribution in [0.25, 0.3) is 0 Å². The Balaban J connectivity index is 1.76. The Morgan fingerprint density at radius 3 is 2.50 bits per heavy atom. The SMILES string of the molecule is NC1CC(Oc2ccc(Cl)cc2Br)C12CCCCCC2. The molecule has 2 aliphatic rings. The molecular formula is C16H21BrClNO. The molecular weight excluding hydrogens is 338 g/mol. The normalized spacial score (nSPS) is 28.8. The second-order valence-electron chi connectivity index (χ2n) is 6.17. The Hall–Kier alpha value is -0.250. The maximum absolute atomic E-state index is 6.35. The molecule has 2 nitrogen and oxygen atoms in total.